The second-order valence-corrected chi connectivity index (χ2v) is 8.41. The molecule has 0 amide bonds. The smallest absolute Gasteiger partial charge is 0.333 e. The number of benzene rings is 1. The molecule has 0 spiro atoms. The molecule has 0 bridgehead atoms. The van der Waals surface area contributed by atoms with Gasteiger partial charge in [0.1, 0.15) is 6.61 Å². The van der Waals surface area contributed by atoms with Crippen LogP contribution in [0.15, 0.2) is 36.4 Å². The second-order valence-electron chi connectivity index (χ2n) is 8.41. The van der Waals surface area contributed by atoms with Crippen LogP contribution in [-0.2, 0) is 14.3 Å². The van der Waals surface area contributed by atoms with E-state index in [1.165, 1.54) is 56.9 Å². The lowest BCUT2D eigenvalue weighted by Gasteiger charge is -2.29. The summed E-state index contributed by atoms with van der Waals surface area (Å²) in [6.07, 6.45) is 10.9. The molecule has 1 aliphatic rings. The van der Waals surface area contributed by atoms with Crippen molar-refractivity contribution in [2.45, 2.75) is 77.0 Å². The molecular formula is C25H38O3. The minimum atomic E-state index is -0.339. The monoisotopic (exact) mass is 386 g/mol. The number of unbranched alkanes of at least 4 members (excludes halogenated alkanes) is 2. The van der Waals surface area contributed by atoms with E-state index in [1.54, 1.807) is 14.0 Å². The lowest BCUT2D eigenvalue weighted by Crippen LogP contribution is -2.17. The lowest BCUT2D eigenvalue weighted by molar-refractivity contribution is -0.139. The highest BCUT2D eigenvalue weighted by Crippen LogP contribution is 2.38. The largest absolute Gasteiger partial charge is 0.462 e. The van der Waals surface area contributed by atoms with E-state index in [1.807, 2.05) is 0 Å². The van der Waals surface area contributed by atoms with Crippen LogP contribution in [-0.4, -0.2) is 26.3 Å². The Morgan fingerprint density at radius 1 is 1.11 bits per heavy atom. The van der Waals surface area contributed by atoms with Gasteiger partial charge in [0.15, 0.2) is 0 Å². The summed E-state index contributed by atoms with van der Waals surface area (Å²) in [6.45, 7) is 8.44. The van der Waals surface area contributed by atoms with Crippen LogP contribution < -0.4 is 0 Å². The first kappa shape index (κ1) is 22.7. The van der Waals surface area contributed by atoms with Crippen molar-refractivity contribution in [2.24, 2.45) is 5.92 Å². The maximum atomic E-state index is 11.7. The number of hydrogen-bond donors (Lipinski definition) is 0. The van der Waals surface area contributed by atoms with Gasteiger partial charge in [0, 0.05) is 18.6 Å². The van der Waals surface area contributed by atoms with Gasteiger partial charge in [0.25, 0.3) is 0 Å². The van der Waals surface area contributed by atoms with Gasteiger partial charge in [-0.2, -0.15) is 0 Å². The van der Waals surface area contributed by atoms with Crippen LogP contribution in [0.3, 0.4) is 0 Å². The zero-order valence-electron chi connectivity index (χ0n) is 18.0. The number of esters is 1. The van der Waals surface area contributed by atoms with Crippen LogP contribution in [0, 0.1) is 5.92 Å². The third-order valence-corrected chi connectivity index (χ3v) is 6.07. The van der Waals surface area contributed by atoms with E-state index in [9.17, 15) is 4.79 Å². The Balaban J connectivity index is 1.88. The summed E-state index contributed by atoms with van der Waals surface area (Å²) < 4.78 is 10.7. The van der Waals surface area contributed by atoms with Gasteiger partial charge in [-0.1, -0.05) is 63.5 Å². The predicted molar refractivity (Wildman–Crippen MR) is 116 cm³/mol. The first-order valence-electron chi connectivity index (χ1n) is 11.0. The minimum absolute atomic E-state index is 0.0525. The van der Waals surface area contributed by atoms with E-state index in [4.69, 9.17) is 9.47 Å². The zero-order valence-corrected chi connectivity index (χ0v) is 18.0. The summed E-state index contributed by atoms with van der Waals surface area (Å²) >= 11 is 0. The first-order valence-corrected chi connectivity index (χ1v) is 11.0. The van der Waals surface area contributed by atoms with Gasteiger partial charge in [-0.25, -0.2) is 4.79 Å². The topological polar surface area (TPSA) is 35.5 Å². The van der Waals surface area contributed by atoms with Crippen molar-refractivity contribution in [3.63, 3.8) is 0 Å². The van der Waals surface area contributed by atoms with Crippen LogP contribution in [0.2, 0.25) is 0 Å². The van der Waals surface area contributed by atoms with Crippen molar-refractivity contribution in [2.75, 3.05) is 20.3 Å². The standard InChI is InChI=1S/C25H38O3/c1-5-6-7-8-20-9-11-21(12-10-20)22-13-15-23(16-14-22)24(17-27-4)18-28-25(26)19(2)3/h13-16,20-21,24H,2,5-12,17-18H2,1,3-4H3. The van der Waals surface area contributed by atoms with Gasteiger partial charge in [0.05, 0.1) is 6.61 Å². The molecule has 0 saturated heterocycles. The predicted octanol–water partition coefficient (Wildman–Crippen LogP) is 6.39. The van der Waals surface area contributed by atoms with Gasteiger partial charge >= 0.3 is 5.97 Å². The molecule has 1 fully saturated rings. The van der Waals surface area contributed by atoms with E-state index in [0.29, 0.717) is 24.7 Å². The number of carbonyl (C=O) groups excluding carboxylic acids is 1. The molecule has 0 heterocycles. The second kappa shape index (κ2) is 12.1. The SMILES string of the molecule is C=C(C)C(=O)OCC(COC)c1ccc(C2CCC(CCCCC)CC2)cc1. The number of rotatable bonds is 11. The summed E-state index contributed by atoms with van der Waals surface area (Å²) in [5, 5.41) is 0. The molecule has 1 aliphatic carbocycles. The van der Waals surface area contributed by atoms with Gasteiger partial charge in [-0.15, -0.1) is 0 Å². The summed E-state index contributed by atoms with van der Waals surface area (Å²) in [7, 11) is 1.68. The number of ether oxygens (including phenoxy) is 2. The average Bonchev–Trinajstić information content (AvgIpc) is 2.71. The Bertz CT molecular complexity index is 597. The fourth-order valence-corrected chi connectivity index (χ4v) is 4.25. The molecule has 1 aromatic rings. The highest BCUT2D eigenvalue weighted by atomic mass is 16.5. The van der Waals surface area contributed by atoms with Gasteiger partial charge < -0.3 is 9.47 Å². The van der Waals surface area contributed by atoms with Crippen LogP contribution in [0.4, 0.5) is 0 Å². The molecule has 2 rings (SSSR count). The highest BCUT2D eigenvalue weighted by molar-refractivity contribution is 5.86. The van der Waals surface area contributed by atoms with Crippen LogP contribution in [0.1, 0.15) is 88.2 Å². The Hall–Kier alpha value is -1.61. The van der Waals surface area contributed by atoms with E-state index >= 15 is 0 Å². The van der Waals surface area contributed by atoms with E-state index in [2.05, 4.69) is 37.8 Å². The average molecular weight is 387 g/mol. The fourth-order valence-electron chi connectivity index (χ4n) is 4.25. The van der Waals surface area contributed by atoms with Crippen molar-refractivity contribution in [1.82, 2.24) is 0 Å². The zero-order chi connectivity index (χ0) is 20.4. The minimum Gasteiger partial charge on any atom is -0.462 e. The Morgan fingerprint density at radius 2 is 1.79 bits per heavy atom. The van der Waals surface area contributed by atoms with Gasteiger partial charge in [0.2, 0.25) is 0 Å². The Kier molecular flexibility index (Phi) is 9.77. The summed E-state index contributed by atoms with van der Waals surface area (Å²) in [4.78, 5) is 11.7. The lowest BCUT2D eigenvalue weighted by atomic mass is 9.77. The molecule has 0 radical (unpaired) electrons. The third-order valence-electron chi connectivity index (χ3n) is 6.07. The fraction of sp³-hybridized carbons (Fsp3) is 0.640. The molecule has 0 N–H and O–H groups in total. The van der Waals surface area contributed by atoms with Crippen LogP contribution in [0.25, 0.3) is 0 Å². The Morgan fingerprint density at radius 3 is 2.36 bits per heavy atom. The Labute approximate surface area is 171 Å². The molecule has 156 valence electrons. The third kappa shape index (κ3) is 7.09. The molecule has 1 aromatic carbocycles. The molecule has 28 heavy (non-hydrogen) atoms. The van der Waals surface area contributed by atoms with Crippen molar-refractivity contribution < 1.29 is 14.3 Å². The van der Waals surface area contributed by atoms with Gasteiger partial charge in [-0.05, 0) is 55.6 Å². The van der Waals surface area contributed by atoms with Crippen LogP contribution >= 0.6 is 0 Å². The first-order chi connectivity index (χ1) is 13.5. The molecule has 1 saturated carbocycles. The summed E-state index contributed by atoms with van der Waals surface area (Å²) in [5.74, 6) is 1.35. The molecule has 3 nitrogen and oxygen atoms in total. The van der Waals surface area contributed by atoms with E-state index < -0.39 is 0 Å². The number of carbonyl (C=O) groups is 1. The van der Waals surface area contributed by atoms with E-state index in [-0.39, 0.29) is 11.9 Å². The quantitative estimate of drug-likeness (QED) is 0.251. The molecule has 0 aliphatic heterocycles. The van der Waals surface area contributed by atoms with Crippen molar-refractivity contribution in [1.29, 1.82) is 0 Å². The maximum absolute atomic E-state index is 11.7. The summed E-state index contributed by atoms with van der Waals surface area (Å²) in [5.41, 5.74) is 3.04. The van der Waals surface area contributed by atoms with Crippen molar-refractivity contribution >= 4 is 5.97 Å². The summed E-state index contributed by atoms with van der Waals surface area (Å²) in [6, 6.07) is 8.89. The normalized spacial score (nSPS) is 20.5. The van der Waals surface area contributed by atoms with Crippen LogP contribution in [0.5, 0.6) is 0 Å². The van der Waals surface area contributed by atoms with Gasteiger partial charge in [-0.3, -0.25) is 0 Å². The number of hydrogen-bond acceptors (Lipinski definition) is 3. The molecule has 3 heteroatoms. The van der Waals surface area contributed by atoms with Crippen molar-refractivity contribution in [3.05, 3.63) is 47.5 Å². The molecule has 0 aromatic heterocycles. The molecule has 1 unspecified atom stereocenters. The van der Waals surface area contributed by atoms with E-state index in [0.717, 1.165) is 11.5 Å². The van der Waals surface area contributed by atoms with Crippen molar-refractivity contribution in [3.8, 4) is 0 Å². The molecule has 1 atom stereocenters. The highest BCUT2D eigenvalue weighted by Gasteiger charge is 2.22. The number of methoxy groups -OCH3 is 1. The maximum Gasteiger partial charge on any atom is 0.333 e. The molecular weight excluding hydrogens is 348 g/mol.